The monoisotopic (exact) mass is 361 g/mol. The normalized spacial score (nSPS) is 15.9. The summed E-state index contributed by atoms with van der Waals surface area (Å²) in [6, 6.07) is 8.10. The van der Waals surface area contributed by atoms with Gasteiger partial charge in [0.1, 0.15) is 5.82 Å². The van der Waals surface area contributed by atoms with Crippen LogP contribution >= 0.6 is 15.9 Å². The second-order valence-electron chi connectivity index (χ2n) is 5.61. The molecule has 22 heavy (non-hydrogen) atoms. The maximum atomic E-state index is 4.65. The minimum Gasteiger partial charge on any atom is -0.354 e. The lowest BCUT2D eigenvalue weighted by Gasteiger charge is -2.33. The summed E-state index contributed by atoms with van der Waals surface area (Å²) in [5.74, 6) is 1.63. The Balaban J connectivity index is 1.76. The number of likely N-dealkylation sites (N-methyl/N-ethyl adjacent to an activating group) is 1. The van der Waals surface area contributed by atoms with Crippen molar-refractivity contribution in [2.24, 2.45) is 0 Å². The number of rotatable bonds is 3. The first-order valence-corrected chi connectivity index (χ1v) is 8.21. The van der Waals surface area contributed by atoms with Crippen LogP contribution in [0, 0.1) is 6.92 Å². The maximum Gasteiger partial charge on any atom is 0.229 e. The van der Waals surface area contributed by atoms with Crippen molar-refractivity contribution in [1.82, 2.24) is 14.9 Å². The van der Waals surface area contributed by atoms with Gasteiger partial charge in [0.05, 0.1) is 0 Å². The summed E-state index contributed by atoms with van der Waals surface area (Å²) >= 11 is 3.48. The topological polar surface area (TPSA) is 44.3 Å². The van der Waals surface area contributed by atoms with E-state index in [9.17, 15) is 0 Å². The Morgan fingerprint density at radius 3 is 2.64 bits per heavy atom. The van der Waals surface area contributed by atoms with Gasteiger partial charge < -0.3 is 15.1 Å². The highest BCUT2D eigenvalue weighted by molar-refractivity contribution is 9.10. The van der Waals surface area contributed by atoms with Crippen molar-refractivity contribution in [2.75, 3.05) is 43.4 Å². The molecule has 0 radical (unpaired) electrons. The fourth-order valence-corrected chi connectivity index (χ4v) is 2.98. The van der Waals surface area contributed by atoms with Crippen molar-refractivity contribution in [3.8, 4) is 0 Å². The zero-order valence-corrected chi connectivity index (χ0v) is 14.5. The highest BCUT2D eigenvalue weighted by Gasteiger charge is 2.15. The quantitative estimate of drug-likeness (QED) is 0.909. The molecule has 1 aromatic heterocycles. The van der Waals surface area contributed by atoms with Crippen LogP contribution < -0.4 is 10.2 Å². The minimum atomic E-state index is 0.641. The number of nitrogens with zero attached hydrogens (tertiary/aromatic N) is 4. The van der Waals surface area contributed by atoms with E-state index in [2.05, 4.69) is 61.1 Å². The zero-order chi connectivity index (χ0) is 15.5. The van der Waals surface area contributed by atoms with Crippen LogP contribution in [-0.2, 0) is 0 Å². The molecule has 1 saturated heterocycles. The van der Waals surface area contributed by atoms with Gasteiger partial charge in [-0.15, -0.1) is 0 Å². The van der Waals surface area contributed by atoms with Crippen molar-refractivity contribution in [2.45, 2.75) is 6.92 Å². The van der Waals surface area contributed by atoms with E-state index in [0.717, 1.165) is 47.7 Å². The summed E-state index contributed by atoms with van der Waals surface area (Å²) in [4.78, 5) is 13.6. The Morgan fingerprint density at radius 2 is 1.91 bits per heavy atom. The Hall–Kier alpha value is -1.66. The first-order chi connectivity index (χ1) is 10.6. The summed E-state index contributed by atoms with van der Waals surface area (Å²) in [5, 5.41) is 3.31. The van der Waals surface area contributed by atoms with Gasteiger partial charge in [0, 0.05) is 42.5 Å². The number of hydrogen-bond donors (Lipinski definition) is 1. The molecule has 116 valence electrons. The number of piperazine rings is 1. The molecule has 1 fully saturated rings. The molecule has 1 aliphatic rings. The third kappa shape index (κ3) is 3.56. The van der Waals surface area contributed by atoms with E-state index >= 15 is 0 Å². The molecule has 0 atom stereocenters. The van der Waals surface area contributed by atoms with Crippen molar-refractivity contribution >= 4 is 33.4 Å². The van der Waals surface area contributed by atoms with Crippen LogP contribution in [0.4, 0.5) is 17.5 Å². The molecule has 0 bridgehead atoms. The third-order valence-electron chi connectivity index (χ3n) is 3.90. The average Bonchev–Trinajstić information content (AvgIpc) is 2.51. The summed E-state index contributed by atoms with van der Waals surface area (Å²) in [6.07, 6.45) is 1.82. The van der Waals surface area contributed by atoms with E-state index in [4.69, 9.17) is 0 Å². The van der Waals surface area contributed by atoms with Crippen LogP contribution in [0.15, 0.2) is 34.9 Å². The first kappa shape index (κ1) is 15.2. The number of nitrogens with one attached hydrogen (secondary N) is 1. The standard InChI is InChI=1S/C16H20BrN5/c1-12-11-13(17)3-4-14(12)19-16-18-6-5-15(20-16)22-9-7-21(2)8-10-22/h3-6,11H,7-10H2,1-2H3,(H,18,19,20). The second kappa shape index (κ2) is 6.62. The number of halogens is 1. The van der Waals surface area contributed by atoms with E-state index in [0.29, 0.717) is 5.95 Å². The van der Waals surface area contributed by atoms with Crippen LogP contribution in [0.25, 0.3) is 0 Å². The lowest BCUT2D eigenvalue weighted by atomic mass is 10.2. The Labute approximate surface area is 139 Å². The Morgan fingerprint density at radius 1 is 1.14 bits per heavy atom. The summed E-state index contributed by atoms with van der Waals surface area (Å²) in [6.45, 7) is 6.21. The largest absolute Gasteiger partial charge is 0.354 e. The van der Waals surface area contributed by atoms with Crippen molar-refractivity contribution in [3.63, 3.8) is 0 Å². The number of benzene rings is 1. The highest BCUT2D eigenvalue weighted by atomic mass is 79.9. The van der Waals surface area contributed by atoms with Crippen LogP contribution in [0.3, 0.4) is 0 Å². The van der Waals surface area contributed by atoms with Gasteiger partial charge in [0.15, 0.2) is 0 Å². The predicted molar refractivity (Wildman–Crippen MR) is 93.9 cm³/mol. The fraction of sp³-hybridized carbons (Fsp3) is 0.375. The van der Waals surface area contributed by atoms with Crippen LogP contribution in [0.2, 0.25) is 0 Å². The first-order valence-electron chi connectivity index (χ1n) is 7.41. The van der Waals surface area contributed by atoms with Crippen molar-refractivity contribution in [1.29, 1.82) is 0 Å². The van der Waals surface area contributed by atoms with Crippen molar-refractivity contribution < 1.29 is 0 Å². The molecule has 0 spiro atoms. The molecule has 2 aromatic rings. The van der Waals surface area contributed by atoms with E-state index in [-0.39, 0.29) is 0 Å². The lowest BCUT2D eigenvalue weighted by Crippen LogP contribution is -2.44. The van der Waals surface area contributed by atoms with Gasteiger partial charge in [-0.05, 0) is 43.8 Å². The molecular formula is C16H20BrN5. The molecule has 0 amide bonds. The number of aryl methyl sites for hydroxylation is 1. The van der Waals surface area contributed by atoms with Crippen LogP contribution in [0.5, 0.6) is 0 Å². The van der Waals surface area contributed by atoms with Crippen LogP contribution in [-0.4, -0.2) is 48.1 Å². The van der Waals surface area contributed by atoms with E-state index in [1.54, 1.807) is 0 Å². The van der Waals surface area contributed by atoms with E-state index < -0.39 is 0 Å². The SMILES string of the molecule is Cc1cc(Br)ccc1Nc1nccc(N2CCN(C)CC2)n1. The molecule has 3 rings (SSSR count). The molecular weight excluding hydrogens is 342 g/mol. The second-order valence-corrected chi connectivity index (χ2v) is 6.53. The van der Waals surface area contributed by atoms with E-state index in [1.807, 2.05) is 24.4 Å². The molecule has 0 aliphatic carbocycles. The van der Waals surface area contributed by atoms with Gasteiger partial charge >= 0.3 is 0 Å². The molecule has 1 aliphatic heterocycles. The lowest BCUT2D eigenvalue weighted by molar-refractivity contribution is 0.312. The van der Waals surface area contributed by atoms with E-state index in [1.165, 1.54) is 0 Å². The summed E-state index contributed by atoms with van der Waals surface area (Å²) < 4.78 is 1.07. The molecule has 0 saturated carbocycles. The number of anilines is 3. The fourth-order valence-electron chi connectivity index (χ4n) is 2.51. The Kier molecular flexibility index (Phi) is 4.59. The zero-order valence-electron chi connectivity index (χ0n) is 12.9. The molecule has 1 aromatic carbocycles. The number of hydrogen-bond acceptors (Lipinski definition) is 5. The van der Waals surface area contributed by atoms with Gasteiger partial charge in [-0.3, -0.25) is 0 Å². The van der Waals surface area contributed by atoms with Gasteiger partial charge in [-0.25, -0.2) is 4.98 Å². The molecule has 5 nitrogen and oxygen atoms in total. The average molecular weight is 362 g/mol. The van der Waals surface area contributed by atoms with Gasteiger partial charge in [0.25, 0.3) is 0 Å². The van der Waals surface area contributed by atoms with Gasteiger partial charge in [0.2, 0.25) is 5.95 Å². The molecule has 1 N–H and O–H groups in total. The highest BCUT2D eigenvalue weighted by Crippen LogP contribution is 2.23. The Bertz CT molecular complexity index is 653. The third-order valence-corrected chi connectivity index (χ3v) is 4.40. The van der Waals surface area contributed by atoms with Crippen molar-refractivity contribution in [3.05, 3.63) is 40.5 Å². The molecule has 2 heterocycles. The summed E-state index contributed by atoms with van der Waals surface area (Å²) in [7, 11) is 2.15. The predicted octanol–water partition coefficient (Wildman–Crippen LogP) is 3.04. The summed E-state index contributed by atoms with van der Waals surface area (Å²) in [5.41, 5.74) is 2.18. The molecule has 6 heteroatoms. The number of aromatic nitrogens is 2. The van der Waals surface area contributed by atoms with Gasteiger partial charge in [-0.1, -0.05) is 15.9 Å². The molecule has 0 unspecified atom stereocenters. The smallest absolute Gasteiger partial charge is 0.229 e. The van der Waals surface area contributed by atoms with Crippen LogP contribution in [0.1, 0.15) is 5.56 Å². The maximum absolute atomic E-state index is 4.65. The minimum absolute atomic E-state index is 0.641. The van der Waals surface area contributed by atoms with Gasteiger partial charge in [-0.2, -0.15) is 4.98 Å².